The van der Waals surface area contributed by atoms with Crippen LogP contribution in [0.15, 0.2) is 30.3 Å². The van der Waals surface area contributed by atoms with E-state index in [1.165, 1.54) is 12.8 Å². The summed E-state index contributed by atoms with van der Waals surface area (Å²) in [6.45, 7) is 4.71. The molecule has 0 unspecified atom stereocenters. The van der Waals surface area contributed by atoms with Gasteiger partial charge in [0.15, 0.2) is 0 Å². The maximum absolute atomic E-state index is 11.7. The molecule has 3 heteroatoms. The molecule has 1 N–H and O–H groups in total. The first-order valence-electron chi connectivity index (χ1n) is 6.71. The number of carbonyl (C=O) groups is 1. The zero-order chi connectivity index (χ0) is 13.2. The summed E-state index contributed by atoms with van der Waals surface area (Å²) in [7, 11) is 2.07. The highest BCUT2D eigenvalue weighted by Gasteiger charge is 2.03. The quantitative estimate of drug-likeness (QED) is 0.766. The lowest BCUT2D eigenvalue weighted by Gasteiger charge is -2.15. The predicted octanol–water partition coefficient (Wildman–Crippen LogP) is 2.42. The molecule has 0 saturated heterocycles. The van der Waals surface area contributed by atoms with Gasteiger partial charge in [-0.15, -0.1) is 0 Å². The fraction of sp³-hybridized carbons (Fsp3) is 0.533. The molecule has 0 aliphatic heterocycles. The van der Waals surface area contributed by atoms with Gasteiger partial charge in [-0.3, -0.25) is 4.79 Å². The van der Waals surface area contributed by atoms with Crippen molar-refractivity contribution in [3.8, 4) is 0 Å². The van der Waals surface area contributed by atoms with Crippen LogP contribution in [0.25, 0.3) is 0 Å². The van der Waals surface area contributed by atoms with E-state index in [-0.39, 0.29) is 5.91 Å². The van der Waals surface area contributed by atoms with Gasteiger partial charge < -0.3 is 10.2 Å². The van der Waals surface area contributed by atoms with Crippen LogP contribution in [0.5, 0.6) is 0 Å². The zero-order valence-electron chi connectivity index (χ0n) is 11.5. The molecule has 0 bridgehead atoms. The van der Waals surface area contributed by atoms with E-state index in [9.17, 15) is 4.79 Å². The minimum atomic E-state index is 0.127. The topological polar surface area (TPSA) is 32.3 Å². The fourth-order valence-corrected chi connectivity index (χ4v) is 1.72. The Morgan fingerprint density at radius 1 is 1.22 bits per heavy atom. The van der Waals surface area contributed by atoms with Gasteiger partial charge in [0.2, 0.25) is 5.91 Å². The number of amides is 1. The molecule has 1 aromatic rings. The molecule has 0 radical (unpaired) electrons. The van der Waals surface area contributed by atoms with Crippen molar-refractivity contribution in [1.29, 1.82) is 0 Å². The summed E-state index contributed by atoms with van der Waals surface area (Å²) in [5.41, 5.74) is 1.14. The maximum Gasteiger partial charge on any atom is 0.221 e. The SMILES string of the molecule is CCCCN(C)CCC(=O)NCc1ccccc1. The number of nitrogens with zero attached hydrogens (tertiary/aromatic N) is 1. The van der Waals surface area contributed by atoms with Crippen LogP contribution in [0.3, 0.4) is 0 Å². The molecular weight excluding hydrogens is 224 g/mol. The second-order valence-corrected chi connectivity index (χ2v) is 4.67. The zero-order valence-corrected chi connectivity index (χ0v) is 11.5. The van der Waals surface area contributed by atoms with E-state index in [1.807, 2.05) is 30.3 Å². The molecule has 1 aromatic carbocycles. The van der Waals surface area contributed by atoms with Crippen molar-refractivity contribution < 1.29 is 4.79 Å². The van der Waals surface area contributed by atoms with Gasteiger partial charge in [-0.05, 0) is 25.6 Å². The van der Waals surface area contributed by atoms with E-state index in [0.717, 1.165) is 18.7 Å². The minimum Gasteiger partial charge on any atom is -0.352 e. The van der Waals surface area contributed by atoms with E-state index < -0.39 is 0 Å². The number of hydrogen-bond donors (Lipinski definition) is 1. The van der Waals surface area contributed by atoms with Crippen molar-refractivity contribution in [2.24, 2.45) is 0 Å². The van der Waals surface area contributed by atoms with E-state index in [4.69, 9.17) is 0 Å². The molecule has 0 fully saturated rings. The molecule has 100 valence electrons. The Bertz CT molecular complexity index is 338. The smallest absolute Gasteiger partial charge is 0.221 e. The first-order valence-corrected chi connectivity index (χ1v) is 6.71. The van der Waals surface area contributed by atoms with Gasteiger partial charge in [-0.1, -0.05) is 43.7 Å². The molecular formula is C15H24N2O. The molecule has 0 heterocycles. The van der Waals surface area contributed by atoms with Crippen LogP contribution in [0.4, 0.5) is 0 Å². The maximum atomic E-state index is 11.7. The summed E-state index contributed by atoms with van der Waals surface area (Å²) < 4.78 is 0. The van der Waals surface area contributed by atoms with Gasteiger partial charge in [-0.25, -0.2) is 0 Å². The van der Waals surface area contributed by atoms with Gasteiger partial charge in [-0.2, -0.15) is 0 Å². The lowest BCUT2D eigenvalue weighted by atomic mass is 10.2. The molecule has 18 heavy (non-hydrogen) atoms. The molecule has 1 amide bonds. The molecule has 0 spiro atoms. The molecule has 0 aromatic heterocycles. The number of benzene rings is 1. The lowest BCUT2D eigenvalue weighted by Crippen LogP contribution is -2.29. The van der Waals surface area contributed by atoms with Crippen LogP contribution in [0, 0.1) is 0 Å². The number of carbonyl (C=O) groups excluding carboxylic acids is 1. The summed E-state index contributed by atoms with van der Waals surface area (Å²) in [6, 6.07) is 10.00. The highest BCUT2D eigenvalue weighted by molar-refractivity contribution is 5.76. The first kappa shape index (κ1) is 14.7. The Kier molecular flexibility index (Phi) is 7.11. The molecule has 1 rings (SSSR count). The third-order valence-corrected chi connectivity index (χ3v) is 2.95. The van der Waals surface area contributed by atoms with Gasteiger partial charge in [0, 0.05) is 19.5 Å². The monoisotopic (exact) mass is 248 g/mol. The Morgan fingerprint density at radius 2 is 1.94 bits per heavy atom. The van der Waals surface area contributed by atoms with Gasteiger partial charge in [0.1, 0.15) is 0 Å². The van der Waals surface area contributed by atoms with E-state index in [2.05, 4.69) is 24.2 Å². The Morgan fingerprint density at radius 3 is 2.61 bits per heavy atom. The van der Waals surface area contributed by atoms with Crippen LogP contribution in [0.1, 0.15) is 31.7 Å². The summed E-state index contributed by atoms with van der Waals surface area (Å²) >= 11 is 0. The number of nitrogens with one attached hydrogen (secondary N) is 1. The van der Waals surface area contributed by atoms with Crippen molar-refractivity contribution >= 4 is 5.91 Å². The predicted molar refractivity (Wildman–Crippen MR) is 75.3 cm³/mol. The van der Waals surface area contributed by atoms with Crippen molar-refractivity contribution in [2.75, 3.05) is 20.1 Å². The normalized spacial score (nSPS) is 10.6. The lowest BCUT2D eigenvalue weighted by molar-refractivity contribution is -0.121. The van der Waals surface area contributed by atoms with Crippen LogP contribution in [0.2, 0.25) is 0 Å². The van der Waals surface area contributed by atoms with Crippen LogP contribution < -0.4 is 5.32 Å². The molecule has 3 nitrogen and oxygen atoms in total. The average Bonchev–Trinajstić information content (AvgIpc) is 2.41. The number of hydrogen-bond acceptors (Lipinski definition) is 2. The summed E-state index contributed by atoms with van der Waals surface area (Å²) in [6.07, 6.45) is 2.97. The Balaban J connectivity index is 2.14. The standard InChI is InChI=1S/C15H24N2O/c1-3-4-11-17(2)12-10-15(18)16-13-14-8-6-5-7-9-14/h5-9H,3-4,10-13H2,1-2H3,(H,16,18). The van der Waals surface area contributed by atoms with Crippen LogP contribution >= 0.6 is 0 Å². The second-order valence-electron chi connectivity index (χ2n) is 4.67. The van der Waals surface area contributed by atoms with Crippen LogP contribution in [-0.4, -0.2) is 30.9 Å². The molecule has 0 aliphatic carbocycles. The van der Waals surface area contributed by atoms with Crippen LogP contribution in [-0.2, 0) is 11.3 Å². The summed E-state index contributed by atoms with van der Waals surface area (Å²) in [5, 5.41) is 2.94. The van der Waals surface area contributed by atoms with E-state index in [1.54, 1.807) is 0 Å². The molecule has 0 saturated carbocycles. The molecule has 0 atom stereocenters. The van der Waals surface area contributed by atoms with Crippen molar-refractivity contribution in [3.63, 3.8) is 0 Å². The van der Waals surface area contributed by atoms with Gasteiger partial charge in [0.25, 0.3) is 0 Å². The largest absolute Gasteiger partial charge is 0.352 e. The van der Waals surface area contributed by atoms with Gasteiger partial charge >= 0.3 is 0 Å². The minimum absolute atomic E-state index is 0.127. The number of rotatable bonds is 8. The van der Waals surface area contributed by atoms with Crippen molar-refractivity contribution in [2.45, 2.75) is 32.7 Å². The Labute approximate surface area is 110 Å². The fourth-order valence-electron chi connectivity index (χ4n) is 1.72. The summed E-state index contributed by atoms with van der Waals surface area (Å²) in [5.74, 6) is 0.127. The second kappa shape index (κ2) is 8.70. The van der Waals surface area contributed by atoms with Crippen molar-refractivity contribution in [3.05, 3.63) is 35.9 Å². The third-order valence-electron chi connectivity index (χ3n) is 2.95. The Hall–Kier alpha value is -1.35. The van der Waals surface area contributed by atoms with Gasteiger partial charge in [0.05, 0.1) is 0 Å². The van der Waals surface area contributed by atoms with Crippen molar-refractivity contribution in [1.82, 2.24) is 10.2 Å². The highest BCUT2D eigenvalue weighted by atomic mass is 16.1. The van der Waals surface area contributed by atoms with E-state index in [0.29, 0.717) is 13.0 Å². The molecule has 0 aliphatic rings. The third kappa shape index (κ3) is 6.40. The highest BCUT2D eigenvalue weighted by Crippen LogP contribution is 1.98. The summed E-state index contributed by atoms with van der Waals surface area (Å²) in [4.78, 5) is 13.9. The van der Waals surface area contributed by atoms with E-state index >= 15 is 0 Å². The first-order chi connectivity index (χ1) is 8.72. The number of unbranched alkanes of at least 4 members (excludes halogenated alkanes) is 1. The average molecular weight is 248 g/mol.